The van der Waals surface area contributed by atoms with Crippen molar-refractivity contribution in [3.05, 3.63) is 59.7 Å². The van der Waals surface area contributed by atoms with Gasteiger partial charge in [0.25, 0.3) is 0 Å². The van der Waals surface area contributed by atoms with Gasteiger partial charge in [-0.05, 0) is 43.5 Å². The number of carbonyl (C=O) groups excluding carboxylic acids is 2. The summed E-state index contributed by atoms with van der Waals surface area (Å²) >= 11 is 0. The number of benzene rings is 2. The number of nitriles is 1. The minimum Gasteiger partial charge on any atom is -0.325 e. The molecule has 0 fully saturated rings. The quantitative estimate of drug-likeness (QED) is 0.790. The number of amides is 2. The number of nitrogens with zero attached hydrogens (tertiary/aromatic N) is 1. The van der Waals surface area contributed by atoms with Crippen LogP contribution in [-0.2, 0) is 9.59 Å². The highest BCUT2D eigenvalue weighted by Gasteiger charge is 2.36. The van der Waals surface area contributed by atoms with Gasteiger partial charge in [0.05, 0.1) is 11.3 Å². The number of hydrogen-bond acceptors (Lipinski definition) is 3. The molecule has 0 saturated heterocycles. The van der Waals surface area contributed by atoms with Crippen molar-refractivity contribution in [3.63, 3.8) is 0 Å². The normalized spacial score (nSPS) is 10.9. The Hall–Kier alpha value is -3.13. The van der Waals surface area contributed by atoms with Crippen LogP contribution in [0.15, 0.2) is 48.5 Å². The zero-order valence-corrected chi connectivity index (χ0v) is 15.5. The molecule has 0 bridgehead atoms. The predicted octanol–water partition coefficient (Wildman–Crippen LogP) is 4.29. The van der Waals surface area contributed by atoms with Crippen LogP contribution in [0.1, 0.15) is 44.7 Å². The third-order valence-electron chi connectivity index (χ3n) is 4.26. The number of nitrogens with one attached hydrogen (secondary N) is 2. The molecule has 0 saturated carbocycles. The van der Waals surface area contributed by atoms with E-state index < -0.39 is 17.2 Å². The second-order valence-electron chi connectivity index (χ2n) is 6.93. The fourth-order valence-corrected chi connectivity index (χ4v) is 2.46. The second kappa shape index (κ2) is 7.83. The second-order valence-corrected chi connectivity index (χ2v) is 6.93. The van der Waals surface area contributed by atoms with Gasteiger partial charge in [0.15, 0.2) is 0 Å². The van der Waals surface area contributed by atoms with Crippen molar-refractivity contribution in [1.82, 2.24) is 0 Å². The molecule has 2 N–H and O–H groups in total. The molecule has 0 aromatic heterocycles. The van der Waals surface area contributed by atoms with Gasteiger partial charge >= 0.3 is 0 Å². The number of rotatable bonds is 5. The van der Waals surface area contributed by atoms with Crippen LogP contribution in [0.4, 0.5) is 11.4 Å². The third-order valence-corrected chi connectivity index (χ3v) is 4.26. The SMILES string of the molecule is CC(C)c1ccccc1NC(=O)C(C)(C)C(=O)Nc1ccccc1C#N. The Morgan fingerprint density at radius 3 is 2.00 bits per heavy atom. The first-order chi connectivity index (χ1) is 12.3. The summed E-state index contributed by atoms with van der Waals surface area (Å²) in [6.45, 7) is 7.21. The fourth-order valence-electron chi connectivity index (χ4n) is 2.46. The highest BCUT2D eigenvalue weighted by molar-refractivity contribution is 6.14. The lowest BCUT2D eigenvalue weighted by atomic mass is 9.90. The molecule has 0 radical (unpaired) electrons. The lowest BCUT2D eigenvalue weighted by Gasteiger charge is -2.24. The molecule has 134 valence electrons. The minimum atomic E-state index is -1.31. The zero-order chi connectivity index (χ0) is 19.3. The van der Waals surface area contributed by atoms with Gasteiger partial charge in [0.2, 0.25) is 11.8 Å². The van der Waals surface area contributed by atoms with Gasteiger partial charge in [0, 0.05) is 5.69 Å². The van der Waals surface area contributed by atoms with E-state index in [1.165, 1.54) is 0 Å². The summed E-state index contributed by atoms with van der Waals surface area (Å²) in [6, 6.07) is 16.3. The number of anilines is 2. The Bertz CT molecular complexity index is 864. The van der Waals surface area contributed by atoms with Gasteiger partial charge in [-0.1, -0.05) is 44.2 Å². The molecule has 5 nitrogen and oxygen atoms in total. The van der Waals surface area contributed by atoms with Crippen LogP contribution in [0.5, 0.6) is 0 Å². The smallest absolute Gasteiger partial charge is 0.239 e. The van der Waals surface area contributed by atoms with E-state index in [0.717, 1.165) is 5.56 Å². The minimum absolute atomic E-state index is 0.242. The van der Waals surface area contributed by atoms with Gasteiger partial charge in [-0.15, -0.1) is 0 Å². The highest BCUT2D eigenvalue weighted by atomic mass is 16.2. The first-order valence-electron chi connectivity index (χ1n) is 8.48. The van der Waals surface area contributed by atoms with Crippen molar-refractivity contribution in [2.75, 3.05) is 10.6 Å². The van der Waals surface area contributed by atoms with Crippen molar-refractivity contribution in [3.8, 4) is 6.07 Å². The molecule has 5 heteroatoms. The maximum absolute atomic E-state index is 12.8. The fraction of sp³-hybridized carbons (Fsp3) is 0.286. The average Bonchev–Trinajstić information content (AvgIpc) is 2.62. The molecule has 0 heterocycles. The summed E-state index contributed by atoms with van der Waals surface area (Å²) in [7, 11) is 0. The molecule has 2 aromatic rings. The molecule has 0 unspecified atom stereocenters. The van der Waals surface area contributed by atoms with Crippen LogP contribution in [-0.4, -0.2) is 11.8 Å². The molecule has 0 aliphatic carbocycles. The van der Waals surface area contributed by atoms with Crippen molar-refractivity contribution in [2.24, 2.45) is 5.41 Å². The van der Waals surface area contributed by atoms with Crippen LogP contribution in [0, 0.1) is 16.7 Å². The van der Waals surface area contributed by atoms with E-state index in [9.17, 15) is 9.59 Å². The lowest BCUT2D eigenvalue weighted by Crippen LogP contribution is -2.41. The third kappa shape index (κ3) is 4.09. The summed E-state index contributed by atoms with van der Waals surface area (Å²) in [5.74, 6) is -0.636. The topological polar surface area (TPSA) is 82.0 Å². The first kappa shape index (κ1) is 19.2. The van der Waals surface area contributed by atoms with Crippen LogP contribution in [0.3, 0.4) is 0 Å². The Balaban J connectivity index is 2.20. The van der Waals surface area contributed by atoms with Crippen LogP contribution < -0.4 is 10.6 Å². The van der Waals surface area contributed by atoms with E-state index in [0.29, 0.717) is 16.9 Å². The molecule has 2 aromatic carbocycles. The van der Waals surface area contributed by atoms with E-state index in [2.05, 4.69) is 10.6 Å². The maximum atomic E-state index is 12.8. The van der Waals surface area contributed by atoms with Crippen LogP contribution in [0.25, 0.3) is 0 Å². The van der Waals surface area contributed by atoms with Crippen LogP contribution >= 0.6 is 0 Å². The molecular formula is C21H23N3O2. The lowest BCUT2D eigenvalue weighted by molar-refractivity contribution is -0.135. The van der Waals surface area contributed by atoms with Crippen molar-refractivity contribution in [2.45, 2.75) is 33.6 Å². The van der Waals surface area contributed by atoms with E-state index in [1.54, 1.807) is 38.1 Å². The Kier molecular flexibility index (Phi) is 5.78. The summed E-state index contributed by atoms with van der Waals surface area (Å²) < 4.78 is 0. The van der Waals surface area contributed by atoms with E-state index >= 15 is 0 Å². The van der Waals surface area contributed by atoms with Gasteiger partial charge < -0.3 is 10.6 Å². The summed E-state index contributed by atoms with van der Waals surface area (Å²) in [6.07, 6.45) is 0. The monoisotopic (exact) mass is 349 g/mol. The predicted molar refractivity (Wildman–Crippen MR) is 103 cm³/mol. The molecule has 0 aliphatic rings. The first-order valence-corrected chi connectivity index (χ1v) is 8.48. The Morgan fingerprint density at radius 2 is 1.42 bits per heavy atom. The average molecular weight is 349 g/mol. The highest BCUT2D eigenvalue weighted by Crippen LogP contribution is 2.27. The number of carbonyl (C=O) groups is 2. The molecule has 0 aliphatic heterocycles. The Morgan fingerprint density at radius 1 is 0.923 bits per heavy atom. The summed E-state index contributed by atoms with van der Waals surface area (Å²) in [5.41, 5.74) is 1.13. The van der Waals surface area contributed by atoms with Gasteiger partial charge in [0.1, 0.15) is 11.5 Å². The molecule has 0 spiro atoms. The van der Waals surface area contributed by atoms with Crippen LogP contribution in [0.2, 0.25) is 0 Å². The molecular weight excluding hydrogens is 326 g/mol. The van der Waals surface area contributed by atoms with Crippen molar-refractivity contribution in [1.29, 1.82) is 5.26 Å². The number of para-hydroxylation sites is 2. The maximum Gasteiger partial charge on any atom is 0.239 e. The van der Waals surface area contributed by atoms with Gasteiger partial charge in [-0.25, -0.2) is 0 Å². The zero-order valence-electron chi connectivity index (χ0n) is 15.5. The molecule has 2 amide bonds. The molecule has 0 atom stereocenters. The molecule has 2 rings (SSSR count). The Labute approximate surface area is 154 Å². The molecule has 26 heavy (non-hydrogen) atoms. The number of hydrogen-bond donors (Lipinski definition) is 2. The van der Waals surface area contributed by atoms with E-state index in [-0.39, 0.29) is 5.92 Å². The van der Waals surface area contributed by atoms with Crippen molar-refractivity contribution >= 4 is 23.2 Å². The largest absolute Gasteiger partial charge is 0.325 e. The van der Waals surface area contributed by atoms with Crippen molar-refractivity contribution < 1.29 is 9.59 Å². The summed E-state index contributed by atoms with van der Waals surface area (Å²) in [4.78, 5) is 25.4. The van der Waals surface area contributed by atoms with E-state index in [4.69, 9.17) is 5.26 Å². The van der Waals surface area contributed by atoms with Gasteiger partial charge in [-0.3, -0.25) is 9.59 Å². The van der Waals surface area contributed by atoms with Gasteiger partial charge in [-0.2, -0.15) is 5.26 Å². The van der Waals surface area contributed by atoms with E-state index in [1.807, 2.05) is 44.2 Å². The summed E-state index contributed by atoms with van der Waals surface area (Å²) in [5, 5.41) is 14.7. The standard InChI is InChI=1S/C21H23N3O2/c1-14(2)16-10-6-8-12-18(16)24-20(26)21(3,4)19(25)23-17-11-7-5-9-15(17)13-22/h5-12,14H,1-4H3,(H,23,25)(H,24,26).